The van der Waals surface area contributed by atoms with Gasteiger partial charge in [-0.2, -0.15) is 0 Å². The Kier molecular flexibility index (Phi) is 4.87. The number of benzene rings is 2. The molecule has 0 fully saturated rings. The number of aromatic nitrogens is 1. The molecule has 0 spiro atoms. The zero-order valence-electron chi connectivity index (χ0n) is 16.2. The van der Waals surface area contributed by atoms with Crippen LogP contribution in [0.5, 0.6) is 5.75 Å². The van der Waals surface area contributed by atoms with E-state index in [2.05, 4.69) is 5.32 Å². The number of para-hydroxylation sites is 1. The molecule has 0 unspecified atom stereocenters. The first-order chi connectivity index (χ1) is 14.1. The molecule has 0 saturated carbocycles. The molecule has 0 bridgehead atoms. The number of anilines is 1. The largest absolute Gasteiger partial charge is 0.497 e. The van der Waals surface area contributed by atoms with E-state index in [0.717, 1.165) is 22.4 Å². The van der Waals surface area contributed by atoms with E-state index in [9.17, 15) is 9.59 Å². The summed E-state index contributed by atoms with van der Waals surface area (Å²) in [5.41, 5.74) is 4.22. The van der Waals surface area contributed by atoms with Gasteiger partial charge in [-0.3, -0.25) is 9.59 Å². The van der Waals surface area contributed by atoms with E-state index in [1.54, 1.807) is 23.8 Å². The molecule has 2 heterocycles. The van der Waals surface area contributed by atoms with Crippen molar-refractivity contribution in [2.45, 2.75) is 6.92 Å². The van der Waals surface area contributed by atoms with Crippen LogP contribution in [0.25, 0.3) is 16.6 Å². The number of carbonyl (C=O) groups is 2. The zero-order valence-corrected chi connectivity index (χ0v) is 16.2. The zero-order chi connectivity index (χ0) is 20.4. The van der Waals surface area contributed by atoms with Crippen molar-refractivity contribution in [3.8, 4) is 16.9 Å². The van der Waals surface area contributed by atoms with E-state index in [4.69, 9.17) is 4.74 Å². The van der Waals surface area contributed by atoms with Gasteiger partial charge in [-0.25, -0.2) is 0 Å². The van der Waals surface area contributed by atoms with Crippen LogP contribution in [-0.2, 0) is 4.79 Å². The second-order valence-electron chi connectivity index (χ2n) is 6.73. The van der Waals surface area contributed by atoms with Gasteiger partial charge in [0.2, 0.25) is 0 Å². The second-order valence-corrected chi connectivity index (χ2v) is 6.73. The molecule has 0 aliphatic heterocycles. The van der Waals surface area contributed by atoms with Crippen LogP contribution in [0.4, 0.5) is 5.69 Å². The predicted octanol–water partition coefficient (Wildman–Crippen LogP) is 4.74. The average Bonchev–Trinajstić information content (AvgIpc) is 3.14. The molecule has 2 aromatic carbocycles. The minimum absolute atomic E-state index is 0.330. The number of nitrogens with one attached hydrogen (secondary N) is 1. The standard InChI is InChI=1S/C24H20N2O3/c1-16-7-3-4-9-21(16)25-24(28)23(27)22-20(15-18-8-5-6-14-26(18)22)17-10-12-19(29-2)13-11-17/h3-15H,1-2H3,(H,25,28). The first-order valence-corrected chi connectivity index (χ1v) is 9.24. The summed E-state index contributed by atoms with van der Waals surface area (Å²) in [5.74, 6) is -0.536. The van der Waals surface area contributed by atoms with E-state index in [1.807, 2.05) is 73.7 Å². The summed E-state index contributed by atoms with van der Waals surface area (Å²) in [5, 5.41) is 2.74. The number of carbonyl (C=O) groups excluding carboxylic acids is 2. The Morgan fingerprint density at radius 2 is 1.66 bits per heavy atom. The Bertz CT molecular complexity index is 1210. The molecule has 4 aromatic rings. The number of amides is 1. The number of ether oxygens (including phenoxy) is 1. The van der Waals surface area contributed by atoms with Gasteiger partial charge in [0.05, 0.1) is 7.11 Å². The normalized spacial score (nSPS) is 10.7. The maximum Gasteiger partial charge on any atom is 0.298 e. The fourth-order valence-electron chi connectivity index (χ4n) is 3.35. The third kappa shape index (κ3) is 3.50. The smallest absolute Gasteiger partial charge is 0.298 e. The molecule has 5 heteroatoms. The number of pyridine rings is 1. The number of hydrogen-bond donors (Lipinski definition) is 1. The fraction of sp³-hybridized carbons (Fsp3) is 0.0833. The van der Waals surface area contributed by atoms with Crippen LogP contribution in [0.2, 0.25) is 0 Å². The lowest BCUT2D eigenvalue weighted by Crippen LogP contribution is -2.25. The van der Waals surface area contributed by atoms with Crippen molar-refractivity contribution < 1.29 is 14.3 Å². The number of ketones is 1. The third-order valence-electron chi connectivity index (χ3n) is 4.90. The van der Waals surface area contributed by atoms with Crippen molar-refractivity contribution in [1.29, 1.82) is 0 Å². The number of fused-ring (bicyclic) bond motifs is 1. The Morgan fingerprint density at radius 3 is 2.38 bits per heavy atom. The van der Waals surface area contributed by atoms with Gasteiger partial charge in [0.15, 0.2) is 0 Å². The van der Waals surface area contributed by atoms with E-state index in [-0.39, 0.29) is 0 Å². The SMILES string of the molecule is COc1ccc(-c2cc3ccccn3c2C(=O)C(=O)Nc2ccccc2C)cc1. The van der Waals surface area contributed by atoms with Crippen LogP contribution in [0.1, 0.15) is 16.1 Å². The first-order valence-electron chi connectivity index (χ1n) is 9.24. The van der Waals surface area contributed by atoms with Crippen LogP contribution in [-0.4, -0.2) is 23.2 Å². The topological polar surface area (TPSA) is 59.8 Å². The van der Waals surface area contributed by atoms with Crippen LogP contribution in [0.15, 0.2) is 79.0 Å². The van der Waals surface area contributed by atoms with Crippen LogP contribution < -0.4 is 10.1 Å². The molecular weight excluding hydrogens is 364 g/mol. The van der Waals surface area contributed by atoms with Crippen molar-refractivity contribution >= 4 is 22.9 Å². The molecule has 0 aliphatic rings. The third-order valence-corrected chi connectivity index (χ3v) is 4.90. The van der Waals surface area contributed by atoms with Gasteiger partial charge in [0.25, 0.3) is 11.7 Å². The molecule has 0 atom stereocenters. The van der Waals surface area contributed by atoms with Crippen LogP contribution >= 0.6 is 0 Å². The van der Waals surface area contributed by atoms with E-state index in [0.29, 0.717) is 16.9 Å². The minimum Gasteiger partial charge on any atom is -0.497 e. The highest BCUT2D eigenvalue weighted by molar-refractivity contribution is 6.47. The summed E-state index contributed by atoms with van der Waals surface area (Å²) < 4.78 is 6.97. The van der Waals surface area contributed by atoms with Gasteiger partial charge in [-0.1, -0.05) is 36.4 Å². The number of methoxy groups -OCH3 is 1. The minimum atomic E-state index is -0.669. The molecular formula is C24H20N2O3. The lowest BCUT2D eigenvalue weighted by molar-refractivity contribution is -0.112. The monoisotopic (exact) mass is 384 g/mol. The molecule has 5 nitrogen and oxygen atoms in total. The summed E-state index contributed by atoms with van der Waals surface area (Å²) in [6.45, 7) is 1.88. The quantitative estimate of drug-likeness (QED) is 0.399. The molecule has 2 aromatic heterocycles. The van der Waals surface area contributed by atoms with Crippen LogP contribution in [0, 0.1) is 6.92 Å². The van der Waals surface area contributed by atoms with Crippen molar-refractivity contribution in [3.63, 3.8) is 0 Å². The number of Topliss-reactive ketones (excluding diaryl/α,β-unsaturated/α-hetero) is 1. The molecule has 0 saturated heterocycles. The van der Waals surface area contributed by atoms with Gasteiger partial charge in [0, 0.05) is 23.0 Å². The lowest BCUT2D eigenvalue weighted by Gasteiger charge is -2.09. The molecule has 144 valence electrons. The van der Waals surface area contributed by atoms with Gasteiger partial charge in [-0.15, -0.1) is 0 Å². The Hall–Kier alpha value is -3.86. The van der Waals surface area contributed by atoms with Gasteiger partial charge >= 0.3 is 0 Å². The molecule has 0 radical (unpaired) electrons. The predicted molar refractivity (Wildman–Crippen MR) is 114 cm³/mol. The highest BCUT2D eigenvalue weighted by atomic mass is 16.5. The lowest BCUT2D eigenvalue weighted by atomic mass is 10.0. The van der Waals surface area contributed by atoms with E-state index >= 15 is 0 Å². The van der Waals surface area contributed by atoms with E-state index in [1.165, 1.54) is 0 Å². The maximum atomic E-state index is 13.2. The number of nitrogens with zero attached hydrogens (tertiary/aromatic N) is 1. The van der Waals surface area contributed by atoms with Crippen LogP contribution in [0.3, 0.4) is 0 Å². The van der Waals surface area contributed by atoms with Gasteiger partial charge in [0.1, 0.15) is 11.4 Å². The Labute approximate surface area is 168 Å². The highest BCUT2D eigenvalue weighted by Crippen LogP contribution is 2.30. The Balaban J connectivity index is 1.78. The van der Waals surface area contributed by atoms with Crippen molar-refractivity contribution in [3.05, 3.63) is 90.3 Å². The number of aryl methyl sites for hydroxylation is 1. The van der Waals surface area contributed by atoms with E-state index < -0.39 is 11.7 Å². The maximum absolute atomic E-state index is 13.2. The molecule has 1 amide bonds. The summed E-state index contributed by atoms with van der Waals surface area (Å²) in [6, 6.07) is 22.3. The van der Waals surface area contributed by atoms with Gasteiger partial charge in [-0.05, 0) is 54.4 Å². The molecule has 0 aliphatic carbocycles. The molecule has 29 heavy (non-hydrogen) atoms. The number of hydrogen-bond acceptors (Lipinski definition) is 3. The molecule has 1 N–H and O–H groups in total. The average molecular weight is 384 g/mol. The summed E-state index contributed by atoms with van der Waals surface area (Å²) in [7, 11) is 1.60. The van der Waals surface area contributed by atoms with Crippen molar-refractivity contribution in [2.24, 2.45) is 0 Å². The van der Waals surface area contributed by atoms with Crippen molar-refractivity contribution in [2.75, 3.05) is 12.4 Å². The molecule has 4 rings (SSSR count). The second kappa shape index (κ2) is 7.64. The fourth-order valence-corrected chi connectivity index (χ4v) is 3.35. The first kappa shape index (κ1) is 18.5. The summed E-state index contributed by atoms with van der Waals surface area (Å²) in [6.07, 6.45) is 1.79. The summed E-state index contributed by atoms with van der Waals surface area (Å²) >= 11 is 0. The highest BCUT2D eigenvalue weighted by Gasteiger charge is 2.25. The van der Waals surface area contributed by atoms with Gasteiger partial charge < -0.3 is 14.5 Å². The number of rotatable bonds is 5. The van der Waals surface area contributed by atoms with Crippen molar-refractivity contribution in [1.82, 2.24) is 4.40 Å². The summed E-state index contributed by atoms with van der Waals surface area (Å²) in [4.78, 5) is 26.0. The Morgan fingerprint density at radius 1 is 0.931 bits per heavy atom.